The summed E-state index contributed by atoms with van der Waals surface area (Å²) in [5.74, 6) is 0.336. The highest BCUT2D eigenvalue weighted by Gasteiger charge is 2.46. The third kappa shape index (κ3) is 2.86. The minimum atomic E-state index is -3.88. The number of para-hydroxylation sites is 1. The maximum atomic E-state index is 13.1. The molecule has 0 saturated carbocycles. The van der Waals surface area contributed by atoms with Crippen molar-refractivity contribution >= 4 is 15.7 Å². The van der Waals surface area contributed by atoms with Gasteiger partial charge in [-0.3, -0.25) is 10.1 Å². The van der Waals surface area contributed by atoms with E-state index in [-0.39, 0.29) is 22.7 Å². The van der Waals surface area contributed by atoms with Gasteiger partial charge in [0, 0.05) is 18.2 Å². The fourth-order valence-corrected chi connectivity index (χ4v) is 6.03. The van der Waals surface area contributed by atoms with Crippen LogP contribution in [-0.2, 0) is 10.0 Å². The van der Waals surface area contributed by atoms with Gasteiger partial charge in [0.2, 0.25) is 10.0 Å². The average molecular weight is 339 g/mol. The van der Waals surface area contributed by atoms with Crippen molar-refractivity contribution < 1.29 is 13.3 Å². The first-order valence-corrected chi connectivity index (χ1v) is 9.36. The Kier molecular flexibility index (Phi) is 4.39. The van der Waals surface area contributed by atoms with E-state index in [0.717, 1.165) is 32.1 Å². The zero-order valence-corrected chi connectivity index (χ0v) is 13.6. The SMILES string of the molecule is NCC1CC2CCCC(C1)N2S(=O)(=O)c1ccccc1[N+](=O)[O-]. The third-order valence-electron chi connectivity index (χ3n) is 4.96. The number of nitro benzene ring substituents is 1. The van der Waals surface area contributed by atoms with Gasteiger partial charge in [-0.05, 0) is 44.2 Å². The van der Waals surface area contributed by atoms with Crippen molar-refractivity contribution in [2.75, 3.05) is 6.54 Å². The van der Waals surface area contributed by atoms with E-state index < -0.39 is 14.9 Å². The van der Waals surface area contributed by atoms with Gasteiger partial charge in [0.15, 0.2) is 4.90 Å². The van der Waals surface area contributed by atoms with Crippen molar-refractivity contribution in [1.82, 2.24) is 4.31 Å². The standard InChI is InChI=1S/C15H21N3O4S/c16-10-11-8-12-4-3-5-13(9-11)17(12)23(21,22)15-7-2-1-6-14(15)18(19)20/h1-2,6-7,11-13H,3-5,8-10,16H2. The van der Waals surface area contributed by atoms with E-state index in [2.05, 4.69) is 0 Å². The monoisotopic (exact) mass is 339 g/mol. The van der Waals surface area contributed by atoms with Crippen molar-refractivity contribution in [2.24, 2.45) is 11.7 Å². The van der Waals surface area contributed by atoms with Crippen LogP contribution in [0, 0.1) is 16.0 Å². The first kappa shape index (κ1) is 16.4. The Balaban J connectivity index is 2.02. The van der Waals surface area contributed by atoms with Gasteiger partial charge in [0.1, 0.15) is 0 Å². The first-order valence-electron chi connectivity index (χ1n) is 7.92. The molecule has 2 unspecified atom stereocenters. The van der Waals surface area contributed by atoms with Gasteiger partial charge in [-0.15, -0.1) is 0 Å². The highest BCUT2D eigenvalue weighted by atomic mass is 32.2. The van der Waals surface area contributed by atoms with Crippen LogP contribution in [0.2, 0.25) is 0 Å². The van der Waals surface area contributed by atoms with E-state index in [4.69, 9.17) is 5.73 Å². The molecule has 2 heterocycles. The number of hydrogen-bond acceptors (Lipinski definition) is 5. The third-order valence-corrected chi connectivity index (χ3v) is 7.01. The number of sulfonamides is 1. The number of hydrogen-bond donors (Lipinski definition) is 1. The molecular formula is C15H21N3O4S. The second kappa shape index (κ2) is 6.18. The summed E-state index contributed by atoms with van der Waals surface area (Å²) in [6, 6.07) is 5.40. The summed E-state index contributed by atoms with van der Waals surface area (Å²) in [4.78, 5) is 10.4. The molecule has 8 heteroatoms. The van der Waals surface area contributed by atoms with E-state index in [1.807, 2.05) is 0 Å². The lowest BCUT2D eigenvalue weighted by Crippen LogP contribution is -2.55. The summed E-state index contributed by atoms with van der Waals surface area (Å²) >= 11 is 0. The van der Waals surface area contributed by atoms with Crippen molar-refractivity contribution in [1.29, 1.82) is 0 Å². The van der Waals surface area contributed by atoms with Gasteiger partial charge in [-0.25, -0.2) is 8.42 Å². The lowest BCUT2D eigenvalue weighted by Gasteiger charge is -2.47. The molecule has 2 atom stereocenters. The number of rotatable bonds is 4. The van der Waals surface area contributed by atoms with Crippen LogP contribution < -0.4 is 5.73 Å². The largest absolute Gasteiger partial charge is 0.330 e. The normalized spacial score (nSPS) is 28.5. The predicted molar refractivity (Wildman–Crippen MR) is 85.3 cm³/mol. The lowest BCUT2D eigenvalue weighted by molar-refractivity contribution is -0.387. The number of benzene rings is 1. The van der Waals surface area contributed by atoms with E-state index >= 15 is 0 Å². The van der Waals surface area contributed by atoms with Crippen LogP contribution in [0.3, 0.4) is 0 Å². The Morgan fingerprint density at radius 3 is 2.39 bits per heavy atom. The van der Waals surface area contributed by atoms with E-state index in [1.165, 1.54) is 28.6 Å². The summed E-state index contributed by atoms with van der Waals surface area (Å²) in [6.45, 7) is 0.562. The molecule has 1 aromatic rings. The molecule has 1 aromatic carbocycles. The van der Waals surface area contributed by atoms with Gasteiger partial charge >= 0.3 is 0 Å². The van der Waals surface area contributed by atoms with Gasteiger partial charge in [-0.1, -0.05) is 18.6 Å². The number of fused-ring (bicyclic) bond motifs is 2. The molecule has 2 N–H and O–H groups in total. The molecule has 7 nitrogen and oxygen atoms in total. The zero-order valence-electron chi connectivity index (χ0n) is 12.8. The van der Waals surface area contributed by atoms with E-state index in [0.29, 0.717) is 12.5 Å². The molecule has 3 rings (SSSR count). The number of piperidine rings is 2. The Bertz CT molecular complexity index is 692. The van der Waals surface area contributed by atoms with Crippen LogP contribution in [0.1, 0.15) is 32.1 Å². The maximum absolute atomic E-state index is 13.1. The van der Waals surface area contributed by atoms with Crippen LogP contribution in [-0.4, -0.2) is 36.3 Å². The second-order valence-electron chi connectivity index (χ2n) is 6.37. The Morgan fingerprint density at radius 1 is 1.22 bits per heavy atom. The quantitative estimate of drug-likeness (QED) is 0.666. The number of nitrogens with zero attached hydrogens (tertiary/aromatic N) is 2. The minimum Gasteiger partial charge on any atom is -0.330 e. The second-order valence-corrected chi connectivity index (χ2v) is 8.18. The molecule has 2 saturated heterocycles. The van der Waals surface area contributed by atoms with Crippen molar-refractivity contribution in [3.05, 3.63) is 34.4 Å². The summed E-state index contributed by atoms with van der Waals surface area (Å²) < 4.78 is 27.8. The molecule has 0 radical (unpaired) electrons. The van der Waals surface area contributed by atoms with Crippen LogP contribution in [0.4, 0.5) is 5.69 Å². The van der Waals surface area contributed by atoms with Crippen molar-refractivity contribution in [3.63, 3.8) is 0 Å². The molecule has 2 aliphatic heterocycles. The molecule has 0 spiro atoms. The van der Waals surface area contributed by atoms with Crippen LogP contribution >= 0.6 is 0 Å². The van der Waals surface area contributed by atoms with Gasteiger partial charge < -0.3 is 5.73 Å². The molecule has 2 aliphatic rings. The molecule has 2 fully saturated rings. The number of nitrogens with two attached hydrogens (primary N) is 1. The molecular weight excluding hydrogens is 318 g/mol. The topological polar surface area (TPSA) is 107 Å². The highest BCUT2D eigenvalue weighted by Crippen LogP contribution is 2.41. The molecule has 2 bridgehead atoms. The van der Waals surface area contributed by atoms with Crippen molar-refractivity contribution in [2.45, 2.75) is 49.1 Å². The Morgan fingerprint density at radius 2 is 1.83 bits per heavy atom. The fraction of sp³-hybridized carbons (Fsp3) is 0.600. The number of nitro groups is 1. The smallest absolute Gasteiger partial charge is 0.289 e. The van der Waals surface area contributed by atoms with Crippen molar-refractivity contribution in [3.8, 4) is 0 Å². The molecule has 23 heavy (non-hydrogen) atoms. The summed E-state index contributed by atoms with van der Waals surface area (Å²) in [5, 5.41) is 11.2. The maximum Gasteiger partial charge on any atom is 0.289 e. The highest BCUT2D eigenvalue weighted by molar-refractivity contribution is 7.89. The average Bonchev–Trinajstić information content (AvgIpc) is 2.53. The van der Waals surface area contributed by atoms with E-state index in [1.54, 1.807) is 0 Å². The molecule has 126 valence electrons. The summed E-state index contributed by atoms with van der Waals surface area (Å²) in [6.07, 6.45) is 4.08. The minimum absolute atomic E-state index is 0.0964. The zero-order chi connectivity index (χ0) is 16.6. The van der Waals surface area contributed by atoms with Gasteiger partial charge in [0.25, 0.3) is 5.69 Å². The molecule has 0 aliphatic carbocycles. The summed E-state index contributed by atoms with van der Waals surface area (Å²) in [7, 11) is -3.88. The lowest BCUT2D eigenvalue weighted by atomic mass is 9.80. The molecule has 0 aromatic heterocycles. The van der Waals surface area contributed by atoms with Crippen LogP contribution in [0.5, 0.6) is 0 Å². The van der Waals surface area contributed by atoms with Gasteiger partial charge in [0.05, 0.1) is 4.92 Å². The molecule has 0 amide bonds. The van der Waals surface area contributed by atoms with Crippen LogP contribution in [0.25, 0.3) is 0 Å². The Labute approximate surface area is 135 Å². The van der Waals surface area contributed by atoms with E-state index in [9.17, 15) is 18.5 Å². The fourth-order valence-electron chi connectivity index (χ4n) is 3.98. The first-order chi connectivity index (χ1) is 10.9. The van der Waals surface area contributed by atoms with Crippen LogP contribution in [0.15, 0.2) is 29.2 Å². The predicted octanol–water partition coefficient (Wildman–Crippen LogP) is 1.88. The summed E-state index contributed by atoms with van der Waals surface area (Å²) in [5.41, 5.74) is 5.42. The van der Waals surface area contributed by atoms with Gasteiger partial charge in [-0.2, -0.15) is 4.31 Å². The Hall–Kier alpha value is -1.51.